The molecule has 0 bridgehead atoms. The molecule has 0 saturated heterocycles. The van der Waals surface area contributed by atoms with E-state index in [4.69, 9.17) is 11.6 Å². The lowest BCUT2D eigenvalue weighted by Gasteiger charge is -2.32. The molecular weight excluding hydrogens is 320 g/mol. The Balaban J connectivity index is 1.97. The first kappa shape index (κ1) is 15.5. The Morgan fingerprint density at radius 1 is 1.23 bits per heavy atom. The fourth-order valence-corrected chi connectivity index (χ4v) is 4.38. The molecule has 0 amide bonds. The minimum atomic E-state index is -3.59. The molecule has 0 spiro atoms. The van der Waals surface area contributed by atoms with Gasteiger partial charge in [-0.1, -0.05) is 35.9 Å². The second kappa shape index (κ2) is 5.99. The summed E-state index contributed by atoms with van der Waals surface area (Å²) in [4.78, 5) is 4.05. The van der Waals surface area contributed by atoms with Gasteiger partial charge in [0, 0.05) is 19.3 Å². The van der Waals surface area contributed by atoms with E-state index in [2.05, 4.69) is 11.1 Å². The molecule has 1 atom stereocenters. The van der Waals surface area contributed by atoms with Gasteiger partial charge in [0.05, 0.1) is 0 Å². The van der Waals surface area contributed by atoms with E-state index in [1.165, 1.54) is 28.2 Å². The van der Waals surface area contributed by atoms with Crippen LogP contribution in [0.15, 0.2) is 47.5 Å². The minimum absolute atomic E-state index is 0.134. The fraction of sp³-hybridized carbons (Fsp3) is 0.312. The number of nitrogens with zero attached hydrogens (tertiary/aromatic N) is 2. The zero-order chi connectivity index (χ0) is 15.7. The molecule has 22 heavy (non-hydrogen) atoms. The number of rotatable bonds is 3. The summed E-state index contributed by atoms with van der Waals surface area (Å²) in [5, 5.41) is 0.282. The van der Waals surface area contributed by atoms with Crippen molar-refractivity contribution in [2.45, 2.75) is 30.2 Å². The van der Waals surface area contributed by atoms with E-state index in [1.807, 2.05) is 18.2 Å². The molecule has 0 saturated carbocycles. The molecule has 6 heteroatoms. The third-order valence-corrected chi connectivity index (χ3v) is 6.23. The van der Waals surface area contributed by atoms with Crippen molar-refractivity contribution in [1.82, 2.24) is 9.29 Å². The molecule has 4 nitrogen and oxygen atoms in total. The third-order valence-electron chi connectivity index (χ3n) is 4.15. The molecule has 1 aromatic heterocycles. The second-order valence-corrected chi connectivity index (χ2v) is 7.83. The van der Waals surface area contributed by atoms with Gasteiger partial charge >= 0.3 is 0 Å². The maximum Gasteiger partial charge on any atom is 0.244 e. The van der Waals surface area contributed by atoms with Crippen LogP contribution in [-0.4, -0.2) is 24.8 Å². The molecule has 1 heterocycles. The Bertz CT molecular complexity index is 775. The molecular formula is C16H17ClN2O2S. The van der Waals surface area contributed by atoms with Gasteiger partial charge in [0.15, 0.2) is 0 Å². The quantitative estimate of drug-likeness (QED) is 0.807. The summed E-state index contributed by atoms with van der Waals surface area (Å²) in [6, 6.07) is 10.9. The van der Waals surface area contributed by atoms with Gasteiger partial charge in [-0.3, -0.25) is 0 Å². The standard InChI is InChI=1S/C16H17ClN2O2S/c1-19(22(20,21)13-9-10-16(17)18-11-13)15-8-4-6-12-5-2-3-7-14(12)15/h2-3,5,7,9-11,15H,4,6,8H2,1H3. The first-order chi connectivity index (χ1) is 10.5. The van der Waals surface area contributed by atoms with Gasteiger partial charge in [-0.25, -0.2) is 13.4 Å². The van der Waals surface area contributed by atoms with Crippen LogP contribution in [0.2, 0.25) is 5.15 Å². The Kier molecular flexibility index (Phi) is 4.21. The molecule has 1 aliphatic carbocycles. The molecule has 1 aliphatic rings. The van der Waals surface area contributed by atoms with Crippen LogP contribution in [0.4, 0.5) is 0 Å². The Labute approximate surface area is 135 Å². The molecule has 1 unspecified atom stereocenters. The number of fused-ring (bicyclic) bond motifs is 1. The Morgan fingerprint density at radius 3 is 2.73 bits per heavy atom. The fourth-order valence-electron chi connectivity index (χ4n) is 2.95. The first-order valence-corrected chi connectivity index (χ1v) is 8.99. The highest BCUT2D eigenvalue weighted by Gasteiger charge is 2.32. The largest absolute Gasteiger partial charge is 0.244 e. The van der Waals surface area contributed by atoms with Crippen molar-refractivity contribution in [3.8, 4) is 0 Å². The lowest BCUT2D eigenvalue weighted by molar-refractivity contribution is 0.337. The number of halogens is 1. The zero-order valence-electron chi connectivity index (χ0n) is 12.2. The predicted molar refractivity (Wildman–Crippen MR) is 86.3 cm³/mol. The van der Waals surface area contributed by atoms with Crippen LogP contribution in [0.25, 0.3) is 0 Å². The normalized spacial score (nSPS) is 18.2. The summed E-state index contributed by atoms with van der Waals surface area (Å²) in [5.41, 5.74) is 2.33. The predicted octanol–water partition coefficient (Wildman–Crippen LogP) is 3.43. The number of aromatic nitrogens is 1. The van der Waals surface area contributed by atoms with Gasteiger partial charge in [0.2, 0.25) is 10.0 Å². The number of aryl methyl sites for hydroxylation is 1. The summed E-state index contributed by atoms with van der Waals surface area (Å²) in [6.07, 6.45) is 4.13. The van der Waals surface area contributed by atoms with Crippen molar-refractivity contribution in [2.24, 2.45) is 0 Å². The van der Waals surface area contributed by atoms with Gasteiger partial charge in [-0.15, -0.1) is 0 Å². The van der Waals surface area contributed by atoms with Crippen molar-refractivity contribution < 1.29 is 8.42 Å². The van der Waals surface area contributed by atoms with E-state index in [0.717, 1.165) is 24.8 Å². The van der Waals surface area contributed by atoms with E-state index in [0.29, 0.717) is 0 Å². The average Bonchev–Trinajstić information content (AvgIpc) is 2.54. The summed E-state index contributed by atoms with van der Waals surface area (Å²) in [5.74, 6) is 0. The molecule has 0 aliphatic heterocycles. The zero-order valence-corrected chi connectivity index (χ0v) is 13.8. The second-order valence-electron chi connectivity index (χ2n) is 5.44. The maximum absolute atomic E-state index is 12.8. The van der Waals surface area contributed by atoms with Crippen molar-refractivity contribution in [1.29, 1.82) is 0 Å². The van der Waals surface area contributed by atoms with Crippen LogP contribution in [0, 0.1) is 0 Å². The van der Waals surface area contributed by atoms with Crippen LogP contribution < -0.4 is 0 Å². The molecule has 0 N–H and O–H groups in total. The Hall–Kier alpha value is -1.43. The average molecular weight is 337 g/mol. The topological polar surface area (TPSA) is 50.3 Å². The van der Waals surface area contributed by atoms with Gasteiger partial charge in [0.1, 0.15) is 10.0 Å². The summed E-state index contributed by atoms with van der Waals surface area (Å²) < 4.78 is 27.0. The minimum Gasteiger partial charge on any atom is -0.243 e. The maximum atomic E-state index is 12.8. The van der Waals surface area contributed by atoms with Gasteiger partial charge < -0.3 is 0 Å². The van der Waals surface area contributed by atoms with E-state index >= 15 is 0 Å². The molecule has 0 fully saturated rings. The molecule has 3 rings (SSSR count). The lowest BCUT2D eigenvalue weighted by atomic mass is 9.88. The highest BCUT2D eigenvalue weighted by molar-refractivity contribution is 7.89. The number of hydrogen-bond donors (Lipinski definition) is 0. The van der Waals surface area contributed by atoms with Crippen LogP contribution in [0.1, 0.15) is 30.0 Å². The van der Waals surface area contributed by atoms with Crippen molar-refractivity contribution in [3.63, 3.8) is 0 Å². The van der Waals surface area contributed by atoms with Crippen LogP contribution in [0.5, 0.6) is 0 Å². The highest BCUT2D eigenvalue weighted by atomic mass is 35.5. The van der Waals surface area contributed by atoms with Gasteiger partial charge in [0.25, 0.3) is 0 Å². The van der Waals surface area contributed by atoms with Crippen LogP contribution >= 0.6 is 11.6 Å². The molecule has 2 aromatic rings. The smallest absolute Gasteiger partial charge is 0.243 e. The number of pyridine rings is 1. The molecule has 1 aromatic carbocycles. The van der Waals surface area contributed by atoms with Crippen molar-refractivity contribution >= 4 is 21.6 Å². The molecule has 116 valence electrons. The first-order valence-electron chi connectivity index (χ1n) is 7.17. The van der Waals surface area contributed by atoms with E-state index in [1.54, 1.807) is 7.05 Å². The SMILES string of the molecule is CN(C1CCCc2ccccc21)S(=O)(=O)c1ccc(Cl)nc1. The summed E-state index contributed by atoms with van der Waals surface area (Å²) in [6.45, 7) is 0. The van der Waals surface area contributed by atoms with E-state index in [-0.39, 0.29) is 16.1 Å². The van der Waals surface area contributed by atoms with Gasteiger partial charge in [-0.05, 0) is 42.5 Å². The van der Waals surface area contributed by atoms with E-state index < -0.39 is 10.0 Å². The highest BCUT2D eigenvalue weighted by Crippen LogP contribution is 2.36. The van der Waals surface area contributed by atoms with Gasteiger partial charge in [-0.2, -0.15) is 4.31 Å². The molecule has 0 radical (unpaired) electrons. The van der Waals surface area contributed by atoms with Crippen LogP contribution in [0.3, 0.4) is 0 Å². The third kappa shape index (κ3) is 2.76. The number of sulfonamides is 1. The van der Waals surface area contributed by atoms with Crippen molar-refractivity contribution in [2.75, 3.05) is 7.05 Å². The van der Waals surface area contributed by atoms with Crippen molar-refractivity contribution in [3.05, 3.63) is 58.9 Å². The lowest BCUT2D eigenvalue weighted by Crippen LogP contribution is -2.33. The van der Waals surface area contributed by atoms with Crippen LogP contribution in [-0.2, 0) is 16.4 Å². The Morgan fingerprint density at radius 2 is 2.00 bits per heavy atom. The van der Waals surface area contributed by atoms with E-state index in [9.17, 15) is 8.42 Å². The number of hydrogen-bond acceptors (Lipinski definition) is 3. The summed E-state index contributed by atoms with van der Waals surface area (Å²) >= 11 is 5.74. The number of benzene rings is 1. The summed E-state index contributed by atoms with van der Waals surface area (Å²) in [7, 11) is -1.95. The monoisotopic (exact) mass is 336 g/mol.